The van der Waals surface area contributed by atoms with E-state index < -0.39 is 0 Å². The second-order valence-corrected chi connectivity index (χ2v) is 8.60. The fraction of sp³-hybridized carbons (Fsp3) is 0.269. The largest absolute Gasteiger partial charge is 0.376 e. The highest BCUT2D eigenvalue weighted by Crippen LogP contribution is 2.37. The molecule has 0 saturated carbocycles. The summed E-state index contributed by atoms with van der Waals surface area (Å²) in [6.07, 6.45) is 5.87. The lowest BCUT2D eigenvalue weighted by Crippen LogP contribution is -2.29. The Hall–Kier alpha value is -3.07. The minimum Gasteiger partial charge on any atom is -0.376 e. The number of fused-ring (bicyclic) bond motifs is 1. The van der Waals surface area contributed by atoms with Crippen molar-refractivity contribution >= 4 is 11.4 Å². The maximum atomic E-state index is 4.41. The number of nitrogens with zero attached hydrogens (tertiary/aromatic N) is 1. The molecule has 0 unspecified atom stereocenters. The number of allylic oxidation sites excluding steroid dienone is 1. The molecular formula is C26H29N3. The number of hydrogen-bond acceptors (Lipinski definition) is 3. The van der Waals surface area contributed by atoms with Gasteiger partial charge in [-0.15, -0.1) is 0 Å². The van der Waals surface area contributed by atoms with Gasteiger partial charge >= 0.3 is 0 Å². The third-order valence-corrected chi connectivity index (χ3v) is 5.70. The van der Waals surface area contributed by atoms with Crippen molar-refractivity contribution in [1.29, 1.82) is 0 Å². The zero-order chi connectivity index (χ0) is 20.6. The summed E-state index contributed by atoms with van der Waals surface area (Å²) in [7, 11) is 0. The number of hydrogen-bond donors (Lipinski definition) is 2. The van der Waals surface area contributed by atoms with Crippen molar-refractivity contribution in [2.45, 2.75) is 46.1 Å². The van der Waals surface area contributed by atoms with E-state index in [0.29, 0.717) is 0 Å². The highest BCUT2D eigenvalue weighted by atomic mass is 15.0. The number of rotatable bonds is 4. The Bertz CT molecular complexity index is 1080. The highest BCUT2D eigenvalue weighted by Gasteiger charge is 2.25. The number of anilines is 2. The molecule has 0 atom stereocenters. The van der Waals surface area contributed by atoms with E-state index in [9.17, 15) is 0 Å². The van der Waals surface area contributed by atoms with Crippen molar-refractivity contribution < 1.29 is 0 Å². The van der Waals surface area contributed by atoms with Gasteiger partial charge in [0.25, 0.3) is 0 Å². The third-order valence-electron chi connectivity index (χ3n) is 5.70. The van der Waals surface area contributed by atoms with Crippen molar-refractivity contribution in [3.63, 3.8) is 0 Å². The SMILES string of the molecule is C=C1CCc2cc(NC(C)(C)c3ccncc3-c3cccc(C)c3)cc(C)c2N1. The predicted molar refractivity (Wildman–Crippen MR) is 123 cm³/mol. The van der Waals surface area contributed by atoms with E-state index in [2.05, 4.69) is 92.4 Å². The van der Waals surface area contributed by atoms with Gasteiger partial charge in [-0.2, -0.15) is 0 Å². The van der Waals surface area contributed by atoms with Crippen molar-refractivity contribution in [2.75, 3.05) is 10.6 Å². The quantitative estimate of drug-likeness (QED) is 0.534. The summed E-state index contributed by atoms with van der Waals surface area (Å²) in [6, 6.07) is 15.2. The molecule has 3 heteroatoms. The van der Waals surface area contributed by atoms with Crippen LogP contribution < -0.4 is 10.6 Å². The lowest BCUT2D eigenvalue weighted by Gasteiger charge is -2.32. The van der Waals surface area contributed by atoms with E-state index in [0.717, 1.165) is 24.2 Å². The smallest absolute Gasteiger partial charge is 0.0576 e. The Morgan fingerprint density at radius 1 is 1.07 bits per heavy atom. The summed E-state index contributed by atoms with van der Waals surface area (Å²) >= 11 is 0. The van der Waals surface area contributed by atoms with Crippen LogP contribution in [0.25, 0.3) is 11.1 Å². The number of aromatic nitrogens is 1. The first-order valence-corrected chi connectivity index (χ1v) is 10.2. The number of nitrogens with one attached hydrogen (secondary N) is 2. The molecule has 2 heterocycles. The molecule has 0 amide bonds. The summed E-state index contributed by atoms with van der Waals surface area (Å²) in [4.78, 5) is 4.41. The Balaban J connectivity index is 1.70. The molecule has 3 nitrogen and oxygen atoms in total. The molecule has 0 spiro atoms. The summed E-state index contributed by atoms with van der Waals surface area (Å²) in [6.45, 7) is 12.8. The minimum absolute atomic E-state index is 0.256. The summed E-state index contributed by atoms with van der Waals surface area (Å²) in [5, 5.41) is 7.24. The number of benzene rings is 2. The van der Waals surface area contributed by atoms with Gasteiger partial charge in [-0.1, -0.05) is 36.4 Å². The Labute approximate surface area is 173 Å². The van der Waals surface area contributed by atoms with Gasteiger partial charge in [-0.05, 0) is 81.0 Å². The maximum absolute atomic E-state index is 4.41. The molecule has 0 bridgehead atoms. The molecule has 0 radical (unpaired) electrons. The highest BCUT2D eigenvalue weighted by molar-refractivity contribution is 5.71. The zero-order valence-electron chi connectivity index (χ0n) is 17.8. The Morgan fingerprint density at radius 2 is 1.90 bits per heavy atom. The van der Waals surface area contributed by atoms with Crippen LogP contribution in [0.2, 0.25) is 0 Å². The number of aryl methyl sites for hydroxylation is 3. The number of pyridine rings is 1. The molecule has 1 aliphatic heterocycles. The zero-order valence-corrected chi connectivity index (χ0v) is 17.8. The molecule has 4 rings (SSSR count). The van der Waals surface area contributed by atoms with E-state index in [-0.39, 0.29) is 5.54 Å². The molecule has 1 aromatic heterocycles. The summed E-state index contributed by atoms with van der Waals surface area (Å²) in [5.74, 6) is 0. The van der Waals surface area contributed by atoms with Crippen molar-refractivity contribution in [3.8, 4) is 11.1 Å². The molecule has 0 aliphatic carbocycles. The standard InChI is InChI=1S/C26H29N3/c1-17-7-6-8-20(13-17)23-16-27-12-11-24(23)26(4,5)29-22-14-18(2)25-21(15-22)10-9-19(3)28-25/h6-8,11-16,28-29H,3,9-10H2,1-2,4-5H3. The molecule has 2 N–H and O–H groups in total. The molecule has 3 aromatic rings. The monoisotopic (exact) mass is 383 g/mol. The van der Waals surface area contributed by atoms with E-state index in [1.54, 1.807) is 0 Å². The van der Waals surface area contributed by atoms with Crippen LogP contribution in [0.4, 0.5) is 11.4 Å². The van der Waals surface area contributed by atoms with E-state index in [1.165, 1.54) is 39.1 Å². The van der Waals surface area contributed by atoms with Crippen molar-refractivity contribution in [1.82, 2.24) is 4.98 Å². The van der Waals surface area contributed by atoms with Gasteiger partial charge in [-0.3, -0.25) is 4.98 Å². The normalized spacial score (nSPS) is 13.6. The van der Waals surface area contributed by atoms with Crippen LogP contribution in [0, 0.1) is 13.8 Å². The molecule has 2 aromatic carbocycles. The van der Waals surface area contributed by atoms with Crippen molar-refractivity contribution in [2.24, 2.45) is 0 Å². The first-order valence-electron chi connectivity index (χ1n) is 10.2. The van der Waals surface area contributed by atoms with Gasteiger partial charge in [0, 0.05) is 35.0 Å². The lowest BCUT2D eigenvalue weighted by molar-refractivity contribution is 0.610. The summed E-state index contributed by atoms with van der Waals surface area (Å²) in [5.41, 5.74) is 10.7. The fourth-order valence-corrected chi connectivity index (χ4v) is 4.24. The van der Waals surface area contributed by atoms with Crippen LogP contribution in [-0.4, -0.2) is 4.98 Å². The average Bonchev–Trinajstić information content (AvgIpc) is 2.68. The van der Waals surface area contributed by atoms with Gasteiger partial charge in [0.05, 0.1) is 5.54 Å². The molecule has 0 fully saturated rings. The van der Waals surface area contributed by atoms with Crippen LogP contribution in [-0.2, 0) is 12.0 Å². The van der Waals surface area contributed by atoms with Crippen LogP contribution in [0.5, 0.6) is 0 Å². The van der Waals surface area contributed by atoms with Gasteiger partial charge < -0.3 is 10.6 Å². The van der Waals surface area contributed by atoms with Crippen LogP contribution in [0.3, 0.4) is 0 Å². The Morgan fingerprint density at radius 3 is 2.69 bits per heavy atom. The molecule has 29 heavy (non-hydrogen) atoms. The van der Waals surface area contributed by atoms with E-state index >= 15 is 0 Å². The second-order valence-electron chi connectivity index (χ2n) is 8.60. The topological polar surface area (TPSA) is 37.0 Å². The third kappa shape index (κ3) is 3.91. The lowest BCUT2D eigenvalue weighted by atomic mass is 9.87. The van der Waals surface area contributed by atoms with Crippen LogP contribution >= 0.6 is 0 Å². The molecular weight excluding hydrogens is 354 g/mol. The molecule has 148 valence electrons. The first kappa shape index (κ1) is 19.3. The van der Waals surface area contributed by atoms with E-state index in [4.69, 9.17) is 0 Å². The summed E-state index contributed by atoms with van der Waals surface area (Å²) < 4.78 is 0. The maximum Gasteiger partial charge on any atom is 0.0576 e. The van der Waals surface area contributed by atoms with Crippen LogP contribution in [0.1, 0.15) is 42.5 Å². The van der Waals surface area contributed by atoms with Gasteiger partial charge in [0.2, 0.25) is 0 Å². The fourth-order valence-electron chi connectivity index (χ4n) is 4.24. The van der Waals surface area contributed by atoms with Gasteiger partial charge in [0.15, 0.2) is 0 Å². The second kappa shape index (κ2) is 7.40. The minimum atomic E-state index is -0.256. The molecule has 1 aliphatic rings. The molecule has 0 saturated heterocycles. The Kier molecular flexibility index (Phi) is 4.91. The van der Waals surface area contributed by atoms with E-state index in [1.807, 2.05) is 12.4 Å². The van der Waals surface area contributed by atoms with Gasteiger partial charge in [0.1, 0.15) is 0 Å². The van der Waals surface area contributed by atoms with Gasteiger partial charge in [-0.25, -0.2) is 0 Å². The van der Waals surface area contributed by atoms with Crippen molar-refractivity contribution in [3.05, 3.63) is 89.4 Å². The van der Waals surface area contributed by atoms with Crippen LogP contribution in [0.15, 0.2) is 67.1 Å². The predicted octanol–water partition coefficient (Wildman–Crippen LogP) is 6.58. The first-order chi connectivity index (χ1) is 13.8. The average molecular weight is 384 g/mol.